The maximum absolute atomic E-state index is 14.3. The lowest BCUT2D eigenvalue weighted by Gasteiger charge is -2.12. The number of rotatable bonds is 7. The Morgan fingerprint density at radius 1 is 1.10 bits per heavy atom. The standard InChI is InChI=1S/C20H14ClF5N2O3/c21-12-2-4-13(5-3-12)28-14(9-17(27-28)20(24,25)26)10-31-19-15(22)7-11(8-16(19)23)1-6-18(29)30/h2-5,7-9H,1,6,10H2,(H,29,30). The molecule has 5 nitrogen and oxygen atoms in total. The van der Waals surface area contributed by atoms with E-state index in [4.69, 9.17) is 21.4 Å². The largest absolute Gasteiger partial charge is 0.481 e. The summed E-state index contributed by atoms with van der Waals surface area (Å²) in [6, 6.07) is 8.30. The molecule has 0 amide bonds. The molecule has 1 heterocycles. The molecule has 3 aromatic rings. The zero-order chi connectivity index (χ0) is 22.8. The molecule has 2 aromatic carbocycles. The lowest BCUT2D eigenvalue weighted by atomic mass is 10.1. The third-order valence-corrected chi connectivity index (χ3v) is 4.45. The van der Waals surface area contributed by atoms with Crippen molar-refractivity contribution in [1.29, 1.82) is 0 Å². The highest BCUT2D eigenvalue weighted by Gasteiger charge is 2.35. The third kappa shape index (κ3) is 5.52. The maximum atomic E-state index is 14.3. The number of carbonyl (C=O) groups is 1. The summed E-state index contributed by atoms with van der Waals surface area (Å²) in [6.07, 6.45) is -5.16. The van der Waals surface area contributed by atoms with E-state index in [1.807, 2.05) is 0 Å². The molecular formula is C20H14ClF5N2O3. The van der Waals surface area contributed by atoms with Gasteiger partial charge < -0.3 is 9.84 Å². The van der Waals surface area contributed by atoms with Gasteiger partial charge in [-0.3, -0.25) is 4.79 Å². The van der Waals surface area contributed by atoms with Gasteiger partial charge in [0.05, 0.1) is 11.4 Å². The molecule has 0 atom stereocenters. The Bertz CT molecular complexity index is 1070. The molecule has 0 radical (unpaired) electrons. The van der Waals surface area contributed by atoms with E-state index < -0.39 is 41.8 Å². The van der Waals surface area contributed by atoms with Crippen LogP contribution in [0.25, 0.3) is 5.69 Å². The van der Waals surface area contributed by atoms with Crippen molar-refractivity contribution in [3.8, 4) is 11.4 Å². The quantitative estimate of drug-likeness (QED) is 0.478. The third-order valence-electron chi connectivity index (χ3n) is 4.19. The minimum absolute atomic E-state index is 0.0955. The highest BCUT2D eigenvalue weighted by atomic mass is 35.5. The Kier molecular flexibility index (Phi) is 6.49. The molecule has 0 aliphatic carbocycles. The first kappa shape index (κ1) is 22.5. The second kappa shape index (κ2) is 8.93. The fourth-order valence-corrected chi connectivity index (χ4v) is 2.88. The molecule has 0 fully saturated rings. The van der Waals surface area contributed by atoms with Gasteiger partial charge in [0.1, 0.15) is 6.61 Å². The highest BCUT2D eigenvalue weighted by Crippen LogP contribution is 2.31. The number of carboxylic acids is 1. The van der Waals surface area contributed by atoms with E-state index in [1.165, 1.54) is 24.3 Å². The molecule has 1 aromatic heterocycles. The van der Waals surface area contributed by atoms with Gasteiger partial charge in [0, 0.05) is 11.4 Å². The van der Waals surface area contributed by atoms with Crippen LogP contribution in [0.3, 0.4) is 0 Å². The lowest BCUT2D eigenvalue weighted by Crippen LogP contribution is -2.09. The van der Waals surface area contributed by atoms with Gasteiger partial charge >= 0.3 is 12.1 Å². The van der Waals surface area contributed by atoms with Gasteiger partial charge in [0.2, 0.25) is 0 Å². The van der Waals surface area contributed by atoms with Gasteiger partial charge in [-0.1, -0.05) is 11.6 Å². The van der Waals surface area contributed by atoms with E-state index in [9.17, 15) is 26.7 Å². The number of benzene rings is 2. The summed E-state index contributed by atoms with van der Waals surface area (Å²) in [7, 11) is 0. The smallest absolute Gasteiger partial charge is 0.435 e. The van der Waals surface area contributed by atoms with Crippen LogP contribution in [0.2, 0.25) is 5.02 Å². The van der Waals surface area contributed by atoms with Crippen LogP contribution in [0.1, 0.15) is 23.4 Å². The summed E-state index contributed by atoms with van der Waals surface area (Å²) in [6.45, 7) is -0.617. The first-order valence-electron chi connectivity index (χ1n) is 8.79. The minimum Gasteiger partial charge on any atom is -0.481 e. The van der Waals surface area contributed by atoms with Crippen LogP contribution in [0.5, 0.6) is 5.75 Å². The molecule has 31 heavy (non-hydrogen) atoms. The number of alkyl halides is 3. The van der Waals surface area contributed by atoms with Crippen molar-refractivity contribution in [3.05, 3.63) is 76.1 Å². The van der Waals surface area contributed by atoms with Crippen LogP contribution in [-0.4, -0.2) is 20.9 Å². The van der Waals surface area contributed by atoms with Crippen molar-refractivity contribution in [2.75, 3.05) is 0 Å². The molecule has 1 N–H and O–H groups in total. The Labute approximate surface area is 177 Å². The highest BCUT2D eigenvalue weighted by molar-refractivity contribution is 6.30. The topological polar surface area (TPSA) is 64.3 Å². The zero-order valence-electron chi connectivity index (χ0n) is 15.6. The molecule has 0 unspecified atom stereocenters. The number of ether oxygens (including phenoxy) is 1. The predicted octanol–water partition coefficient (Wildman–Crippen LogP) is 5.42. The molecule has 11 heteroatoms. The Morgan fingerprint density at radius 3 is 2.26 bits per heavy atom. The molecule has 0 aliphatic heterocycles. The van der Waals surface area contributed by atoms with Gasteiger partial charge in [-0.15, -0.1) is 0 Å². The van der Waals surface area contributed by atoms with Crippen molar-refractivity contribution >= 4 is 17.6 Å². The van der Waals surface area contributed by atoms with Crippen LogP contribution < -0.4 is 4.74 Å². The number of carboxylic acid groups (broad SMARTS) is 1. The molecule has 164 valence electrons. The van der Waals surface area contributed by atoms with Crippen molar-refractivity contribution < 1.29 is 36.6 Å². The number of halogens is 6. The Balaban J connectivity index is 1.88. The Morgan fingerprint density at radius 2 is 1.71 bits per heavy atom. The second-order valence-electron chi connectivity index (χ2n) is 6.48. The maximum Gasteiger partial charge on any atom is 0.435 e. The molecule has 0 bridgehead atoms. The molecule has 3 rings (SSSR count). The summed E-state index contributed by atoms with van der Waals surface area (Å²) in [5.74, 6) is -4.13. The van der Waals surface area contributed by atoms with Crippen LogP contribution >= 0.6 is 11.6 Å². The SMILES string of the molecule is O=C(O)CCc1cc(F)c(OCc2cc(C(F)(F)F)nn2-c2ccc(Cl)cc2)c(F)c1. The number of aliphatic carboxylic acids is 1. The number of hydrogen-bond acceptors (Lipinski definition) is 3. The Hall–Kier alpha value is -3.14. The number of hydrogen-bond donors (Lipinski definition) is 1. The van der Waals surface area contributed by atoms with Gasteiger partial charge in [-0.25, -0.2) is 13.5 Å². The van der Waals surface area contributed by atoms with Gasteiger partial charge in [0.25, 0.3) is 0 Å². The first-order chi connectivity index (χ1) is 14.5. The fourth-order valence-electron chi connectivity index (χ4n) is 2.76. The zero-order valence-corrected chi connectivity index (χ0v) is 16.3. The van der Waals surface area contributed by atoms with Crippen LogP contribution in [-0.2, 0) is 24.0 Å². The van der Waals surface area contributed by atoms with Crippen LogP contribution in [0, 0.1) is 11.6 Å². The van der Waals surface area contributed by atoms with Crippen LogP contribution in [0.15, 0.2) is 42.5 Å². The van der Waals surface area contributed by atoms with Gasteiger partial charge in [-0.05, 0) is 54.4 Å². The summed E-state index contributed by atoms with van der Waals surface area (Å²) in [5.41, 5.74) is -0.965. The second-order valence-corrected chi connectivity index (χ2v) is 6.91. The van der Waals surface area contributed by atoms with E-state index in [-0.39, 0.29) is 29.8 Å². The summed E-state index contributed by atoms with van der Waals surface area (Å²) < 4.78 is 74.0. The average Bonchev–Trinajstić information content (AvgIpc) is 3.11. The minimum atomic E-state index is -4.74. The predicted molar refractivity (Wildman–Crippen MR) is 100 cm³/mol. The summed E-state index contributed by atoms with van der Waals surface area (Å²) in [5, 5.41) is 12.5. The van der Waals surface area contributed by atoms with E-state index in [2.05, 4.69) is 5.10 Å². The molecule has 0 saturated carbocycles. The van der Waals surface area contributed by atoms with Crippen LogP contribution in [0.4, 0.5) is 22.0 Å². The first-order valence-corrected chi connectivity index (χ1v) is 9.17. The number of nitrogens with zero attached hydrogens (tertiary/aromatic N) is 2. The average molecular weight is 461 g/mol. The summed E-state index contributed by atoms with van der Waals surface area (Å²) in [4.78, 5) is 10.6. The number of aryl methyl sites for hydroxylation is 1. The monoisotopic (exact) mass is 460 g/mol. The van der Waals surface area contributed by atoms with Crippen molar-refractivity contribution in [2.24, 2.45) is 0 Å². The van der Waals surface area contributed by atoms with E-state index in [0.717, 1.165) is 16.8 Å². The number of aromatic nitrogens is 2. The van der Waals surface area contributed by atoms with Crippen molar-refractivity contribution in [1.82, 2.24) is 9.78 Å². The van der Waals surface area contributed by atoms with E-state index in [1.54, 1.807) is 0 Å². The van der Waals surface area contributed by atoms with Crippen molar-refractivity contribution in [2.45, 2.75) is 25.6 Å². The normalized spacial score (nSPS) is 11.5. The van der Waals surface area contributed by atoms with Gasteiger partial charge in [-0.2, -0.15) is 18.3 Å². The molecular weight excluding hydrogens is 447 g/mol. The molecule has 0 spiro atoms. The fraction of sp³-hybridized carbons (Fsp3) is 0.200. The van der Waals surface area contributed by atoms with E-state index >= 15 is 0 Å². The van der Waals surface area contributed by atoms with Gasteiger partial charge in [0.15, 0.2) is 23.1 Å². The molecule has 0 aliphatic rings. The van der Waals surface area contributed by atoms with E-state index in [0.29, 0.717) is 11.1 Å². The van der Waals surface area contributed by atoms with Crippen molar-refractivity contribution in [3.63, 3.8) is 0 Å². The summed E-state index contributed by atoms with van der Waals surface area (Å²) >= 11 is 5.79. The lowest BCUT2D eigenvalue weighted by molar-refractivity contribution is -0.141. The molecule has 0 saturated heterocycles.